The summed E-state index contributed by atoms with van der Waals surface area (Å²) in [7, 11) is 0. The van der Waals surface area contributed by atoms with E-state index < -0.39 is 12.0 Å². The van der Waals surface area contributed by atoms with Gasteiger partial charge in [-0.2, -0.15) is 0 Å². The quantitative estimate of drug-likeness (QED) is 0.879. The van der Waals surface area contributed by atoms with E-state index in [-0.39, 0.29) is 17.7 Å². The van der Waals surface area contributed by atoms with Crippen LogP contribution in [0.5, 0.6) is 0 Å². The van der Waals surface area contributed by atoms with Gasteiger partial charge < -0.3 is 15.3 Å². The third-order valence-electron chi connectivity index (χ3n) is 3.44. The number of nitrogens with zero attached hydrogens (tertiary/aromatic N) is 1. The Hall–Kier alpha value is -1.54. The van der Waals surface area contributed by atoms with Gasteiger partial charge in [0.15, 0.2) is 0 Å². The zero-order valence-electron chi connectivity index (χ0n) is 11.1. The Morgan fingerprint density at radius 1 is 1.29 bits per heavy atom. The number of hydrogen-bond donors (Lipinski definition) is 2. The number of carbonyl (C=O) groups excluding carboxylic acids is 2. The van der Waals surface area contributed by atoms with Crippen LogP contribution in [0.4, 0.5) is 5.00 Å². The van der Waals surface area contributed by atoms with Crippen molar-refractivity contribution in [3.63, 3.8) is 0 Å². The van der Waals surface area contributed by atoms with Gasteiger partial charge in [0.2, 0.25) is 5.91 Å². The molecular weight excluding hydrogens is 312 g/mol. The van der Waals surface area contributed by atoms with Crippen molar-refractivity contribution >= 4 is 45.9 Å². The van der Waals surface area contributed by atoms with E-state index in [1.54, 1.807) is 12.1 Å². The molecule has 0 radical (unpaired) electrons. The first-order chi connectivity index (χ1) is 10.1. The fraction of sp³-hybridized carbons (Fsp3) is 0.462. The Morgan fingerprint density at radius 3 is 2.71 bits per heavy atom. The first kappa shape index (κ1) is 14.4. The fourth-order valence-corrected chi connectivity index (χ4v) is 4.09. The number of thioether (sulfide) groups is 1. The molecule has 3 rings (SSSR count). The van der Waals surface area contributed by atoms with E-state index in [9.17, 15) is 14.4 Å². The molecule has 1 aromatic rings. The molecule has 8 heteroatoms. The first-order valence-corrected chi connectivity index (χ1v) is 8.55. The van der Waals surface area contributed by atoms with Crippen molar-refractivity contribution in [1.82, 2.24) is 4.90 Å². The summed E-state index contributed by atoms with van der Waals surface area (Å²) in [6, 6.07) is 2.56. The highest BCUT2D eigenvalue weighted by molar-refractivity contribution is 7.99. The zero-order valence-corrected chi connectivity index (χ0v) is 12.7. The summed E-state index contributed by atoms with van der Waals surface area (Å²) >= 11 is 2.62. The van der Waals surface area contributed by atoms with E-state index >= 15 is 0 Å². The highest BCUT2D eigenvalue weighted by atomic mass is 32.2. The lowest BCUT2D eigenvalue weighted by Crippen LogP contribution is -2.41. The molecule has 6 nitrogen and oxygen atoms in total. The molecule has 21 heavy (non-hydrogen) atoms. The molecule has 2 aliphatic rings. The number of carbonyl (C=O) groups is 3. The molecule has 1 aliphatic heterocycles. The Bertz CT molecular complexity index is 597. The van der Waals surface area contributed by atoms with Crippen LogP contribution in [-0.4, -0.2) is 45.5 Å². The van der Waals surface area contributed by atoms with Gasteiger partial charge in [-0.1, -0.05) is 0 Å². The van der Waals surface area contributed by atoms with Gasteiger partial charge in [-0.3, -0.25) is 9.59 Å². The number of amides is 2. The van der Waals surface area contributed by atoms with Crippen LogP contribution in [0.2, 0.25) is 0 Å². The Balaban J connectivity index is 1.68. The average molecular weight is 326 g/mol. The van der Waals surface area contributed by atoms with Crippen LogP contribution in [0.1, 0.15) is 22.5 Å². The molecule has 0 aromatic carbocycles. The summed E-state index contributed by atoms with van der Waals surface area (Å²) in [5.74, 6) is -0.361. The molecule has 2 amide bonds. The van der Waals surface area contributed by atoms with E-state index in [2.05, 4.69) is 5.32 Å². The lowest BCUT2D eigenvalue weighted by Gasteiger charge is -2.19. The Kier molecular flexibility index (Phi) is 3.90. The number of rotatable bonds is 4. The molecule has 1 atom stereocenters. The molecule has 112 valence electrons. The monoisotopic (exact) mass is 326 g/mol. The van der Waals surface area contributed by atoms with Crippen molar-refractivity contribution in [3.8, 4) is 0 Å². The summed E-state index contributed by atoms with van der Waals surface area (Å²) in [5, 5.41) is 12.5. The minimum atomic E-state index is -0.979. The van der Waals surface area contributed by atoms with E-state index in [0.29, 0.717) is 21.5 Å². The van der Waals surface area contributed by atoms with E-state index in [1.807, 2.05) is 0 Å². The number of nitrogens with one attached hydrogen (secondary N) is 1. The second kappa shape index (κ2) is 5.69. The lowest BCUT2D eigenvalue weighted by atomic mass is 10.3. The topological polar surface area (TPSA) is 86.7 Å². The number of carboxylic acids is 1. The van der Waals surface area contributed by atoms with Crippen molar-refractivity contribution in [1.29, 1.82) is 0 Å². The molecule has 1 aliphatic carbocycles. The number of hydrogen-bond acceptors (Lipinski definition) is 5. The van der Waals surface area contributed by atoms with Crippen LogP contribution in [0.25, 0.3) is 0 Å². The van der Waals surface area contributed by atoms with E-state index in [1.165, 1.54) is 28.0 Å². The third-order valence-corrected chi connectivity index (χ3v) is 5.44. The van der Waals surface area contributed by atoms with Gasteiger partial charge in [-0.25, -0.2) is 4.79 Å². The summed E-state index contributed by atoms with van der Waals surface area (Å²) in [5.41, 5.74) is 0. The highest BCUT2D eigenvalue weighted by Gasteiger charge is 2.35. The maximum absolute atomic E-state index is 12.4. The van der Waals surface area contributed by atoms with Gasteiger partial charge in [-0.05, 0) is 25.0 Å². The van der Waals surface area contributed by atoms with Crippen molar-refractivity contribution < 1.29 is 19.5 Å². The van der Waals surface area contributed by atoms with Crippen LogP contribution in [0.15, 0.2) is 12.1 Å². The molecular formula is C13H14N2O4S2. The number of carboxylic acid groups (broad SMARTS) is 1. The predicted octanol–water partition coefficient (Wildman–Crippen LogP) is 1.70. The van der Waals surface area contributed by atoms with Gasteiger partial charge >= 0.3 is 5.97 Å². The molecule has 1 saturated heterocycles. The van der Waals surface area contributed by atoms with Gasteiger partial charge in [0, 0.05) is 11.7 Å². The molecule has 0 unspecified atom stereocenters. The predicted molar refractivity (Wildman–Crippen MR) is 80.6 cm³/mol. The number of anilines is 1. The van der Waals surface area contributed by atoms with Gasteiger partial charge in [0.05, 0.1) is 15.8 Å². The normalized spacial score (nSPS) is 21.3. The van der Waals surface area contributed by atoms with Crippen molar-refractivity contribution in [2.75, 3.05) is 16.9 Å². The molecule has 2 fully saturated rings. The number of aliphatic carboxylic acids is 1. The fourth-order valence-electron chi connectivity index (χ4n) is 2.08. The van der Waals surface area contributed by atoms with Crippen LogP contribution < -0.4 is 5.32 Å². The Morgan fingerprint density at radius 2 is 2.05 bits per heavy atom. The van der Waals surface area contributed by atoms with Crippen LogP contribution in [0.3, 0.4) is 0 Å². The standard InChI is InChI=1S/C13H14N2O4S2/c16-11(7-1-2-7)14-10-4-3-9(21-10)12(17)15-6-20-5-8(15)13(18)19/h3-4,7-8H,1-2,5-6H2,(H,14,16)(H,18,19)/t8-/m0/s1. The molecule has 0 bridgehead atoms. The maximum atomic E-state index is 12.4. The zero-order chi connectivity index (χ0) is 15.0. The molecule has 2 N–H and O–H groups in total. The molecule has 1 aromatic heterocycles. The van der Waals surface area contributed by atoms with Gasteiger partial charge in [-0.15, -0.1) is 23.1 Å². The van der Waals surface area contributed by atoms with Crippen molar-refractivity contribution in [3.05, 3.63) is 17.0 Å². The molecule has 0 spiro atoms. The third kappa shape index (κ3) is 3.06. The van der Waals surface area contributed by atoms with Crippen LogP contribution >= 0.6 is 23.1 Å². The molecule has 1 saturated carbocycles. The lowest BCUT2D eigenvalue weighted by molar-refractivity contribution is -0.140. The smallest absolute Gasteiger partial charge is 0.327 e. The Labute approximate surface area is 129 Å². The minimum Gasteiger partial charge on any atom is -0.480 e. The summed E-state index contributed by atoms with van der Waals surface area (Å²) in [6.07, 6.45) is 1.85. The second-order valence-electron chi connectivity index (χ2n) is 5.06. The van der Waals surface area contributed by atoms with E-state index in [0.717, 1.165) is 12.8 Å². The largest absolute Gasteiger partial charge is 0.480 e. The van der Waals surface area contributed by atoms with Crippen LogP contribution in [0, 0.1) is 5.92 Å². The summed E-state index contributed by atoms with van der Waals surface area (Å²) in [4.78, 5) is 37.0. The summed E-state index contributed by atoms with van der Waals surface area (Å²) < 4.78 is 0. The van der Waals surface area contributed by atoms with E-state index in [4.69, 9.17) is 5.11 Å². The molecule has 2 heterocycles. The SMILES string of the molecule is O=C(Nc1ccc(C(=O)N2CSC[C@H]2C(=O)O)s1)C1CC1. The maximum Gasteiger partial charge on any atom is 0.327 e. The van der Waals surface area contributed by atoms with Gasteiger partial charge in [0.25, 0.3) is 5.91 Å². The first-order valence-electron chi connectivity index (χ1n) is 6.58. The second-order valence-corrected chi connectivity index (χ2v) is 7.14. The minimum absolute atomic E-state index is 0.00371. The highest BCUT2D eigenvalue weighted by Crippen LogP contribution is 2.32. The van der Waals surface area contributed by atoms with Gasteiger partial charge in [0.1, 0.15) is 6.04 Å². The number of thiophene rings is 1. The van der Waals surface area contributed by atoms with Crippen LogP contribution in [-0.2, 0) is 9.59 Å². The average Bonchev–Trinajstić information content (AvgIpc) is 3.00. The van der Waals surface area contributed by atoms with Crippen molar-refractivity contribution in [2.24, 2.45) is 5.92 Å². The van der Waals surface area contributed by atoms with Crippen molar-refractivity contribution in [2.45, 2.75) is 18.9 Å². The summed E-state index contributed by atoms with van der Waals surface area (Å²) in [6.45, 7) is 0.